The number of nitro benzene ring substituents is 1. The highest BCUT2D eigenvalue weighted by atomic mass is 32.2. The Morgan fingerprint density at radius 1 is 1.04 bits per heavy atom. The first-order valence-electron chi connectivity index (χ1n) is 14.8. The van der Waals surface area contributed by atoms with E-state index in [2.05, 4.69) is 16.6 Å². The van der Waals surface area contributed by atoms with Gasteiger partial charge in [0.1, 0.15) is 30.5 Å². The Morgan fingerprint density at radius 2 is 1.70 bits per heavy atom. The molecule has 15 heteroatoms. The van der Waals surface area contributed by atoms with E-state index in [1.807, 2.05) is 24.3 Å². The zero-order chi connectivity index (χ0) is 33.3. The van der Waals surface area contributed by atoms with Gasteiger partial charge in [-0.25, -0.2) is 8.42 Å². The van der Waals surface area contributed by atoms with Crippen molar-refractivity contribution in [2.24, 2.45) is 0 Å². The monoisotopic (exact) mass is 661 g/mol. The van der Waals surface area contributed by atoms with Crippen molar-refractivity contribution < 1.29 is 46.6 Å². The third kappa shape index (κ3) is 7.81. The van der Waals surface area contributed by atoms with Crippen LogP contribution in [0.1, 0.15) is 38.8 Å². The van der Waals surface area contributed by atoms with Crippen molar-refractivity contribution in [3.8, 4) is 0 Å². The highest BCUT2D eigenvalue weighted by molar-refractivity contribution is 7.89. The number of rotatable bonds is 12. The Hall–Kier alpha value is -3.28. The van der Waals surface area contributed by atoms with Gasteiger partial charge in [-0.2, -0.15) is 4.72 Å². The van der Waals surface area contributed by atoms with E-state index >= 15 is 0 Å². The molecular weight excluding hydrogens is 622 g/mol. The maximum atomic E-state index is 13.6. The molecule has 5 rings (SSSR count). The highest BCUT2D eigenvalue weighted by Gasteiger charge is 2.59. The zero-order valence-electron chi connectivity index (χ0n) is 26.0. The Labute approximate surface area is 267 Å². The summed E-state index contributed by atoms with van der Waals surface area (Å²) in [5, 5.41) is 13.9. The fourth-order valence-electron chi connectivity index (χ4n) is 5.62. The third-order valence-electron chi connectivity index (χ3n) is 7.78. The second kappa shape index (κ2) is 13.4. The number of ether oxygens (including phenoxy) is 6. The van der Waals surface area contributed by atoms with Gasteiger partial charge in [0, 0.05) is 18.7 Å². The van der Waals surface area contributed by atoms with Gasteiger partial charge in [0.2, 0.25) is 15.9 Å². The van der Waals surface area contributed by atoms with E-state index in [1.54, 1.807) is 33.8 Å². The second-order valence-electron chi connectivity index (χ2n) is 12.1. The van der Waals surface area contributed by atoms with Crippen LogP contribution in [0.15, 0.2) is 66.1 Å². The van der Waals surface area contributed by atoms with Crippen LogP contribution in [0.25, 0.3) is 0 Å². The molecule has 2 aromatic rings. The number of nitro groups is 1. The molecule has 2 aromatic carbocycles. The van der Waals surface area contributed by atoms with Crippen LogP contribution >= 0.6 is 0 Å². The molecule has 46 heavy (non-hydrogen) atoms. The zero-order valence-corrected chi connectivity index (χ0v) is 26.9. The predicted molar refractivity (Wildman–Crippen MR) is 163 cm³/mol. The Morgan fingerprint density at radius 3 is 2.37 bits per heavy atom. The van der Waals surface area contributed by atoms with Crippen LogP contribution in [0, 0.1) is 10.1 Å². The number of nitrogens with one attached hydrogen (secondary N) is 2. The van der Waals surface area contributed by atoms with Crippen LogP contribution < -0.4 is 10.0 Å². The van der Waals surface area contributed by atoms with Crippen molar-refractivity contribution in [3.05, 3.63) is 82.4 Å². The number of benzene rings is 2. The van der Waals surface area contributed by atoms with Gasteiger partial charge in [-0.15, -0.1) is 6.58 Å². The van der Waals surface area contributed by atoms with Crippen LogP contribution in [0.3, 0.4) is 0 Å². The van der Waals surface area contributed by atoms with Gasteiger partial charge in [-0.1, -0.05) is 30.3 Å². The van der Waals surface area contributed by atoms with Crippen LogP contribution in [-0.2, 0) is 56.2 Å². The minimum Gasteiger partial charge on any atom is -0.351 e. The number of carbonyl (C=O) groups excluding carboxylic acids is 1. The minimum absolute atomic E-state index is 0.114. The molecule has 1 amide bonds. The number of sulfonamides is 1. The summed E-state index contributed by atoms with van der Waals surface area (Å²) in [5.74, 6) is -2.53. The number of non-ortho nitro benzene ring substituents is 1. The number of nitrogens with zero attached hydrogens (tertiary/aromatic N) is 1. The molecule has 0 unspecified atom stereocenters. The van der Waals surface area contributed by atoms with Gasteiger partial charge in [-0.05, 0) is 57.4 Å². The molecule has 6 atom stereocenters. The number of carbonyl (C=O) groups is 1. The number of fused-ring (bicyclic) bond motifs is 3. The molecule has 3 heterocycles. The molecular formula is C31H39N3O11S. The standard InChI is InChI=1S/C31H39N3O11S/c1-6-9-19-10-7-8-11-20(19)16-32-28(35)23(33-46(38,39)22-14-12-21(13-15-22)34(36)37)17-40-29-27-26(44-31(4,5)45-27)25-24(42-29)18-41-30(2,3)43-25/h6-8,10-15,23-27,29,33H,1,9,16-18H2,2-5H3,(H,32,35)/t23-,24+,25+,26-,27-,29-/m0/s1. The van der Waals surface area contributed by atoms with Crippen molar-refractivity contribution in [2.75, 3.05) is 13.2 Å². The number of allylic oxidation sites excluding steroid dienone is 1. The van der Waals surface area contributed by atoms with E-state index in [0.717, 1.165) is 35.4 Å². The molecule has 3 aliphatic rings. The molecule has 0 radical (unpaired) electrons. The number of hydrogen-bond acceptors (Lipinski definition) is 11. The minimum atomic E-state index is -4.33. The van der Waals surface area contributed by atoms with Crippen molar-refractivity contribution >= 4 is 21.6 Å². The maximum absolute atomic E-state index is 13.6. The maximum Gasteiger partial charge on any atom is 0.269 e. The molecule has 3 aliphatic heterocycles. The fraction of sp³-hybridized carbons (Fsp3) is 0.516. The summed E-state index contributed by atoms with van der Waals surface area (Å²) in [6.45, 7) is 10.7. The topological polar surface area (TPSA) is 174 Å². The lowest BCUT2D eigenvalue weighted by Crippen LogP contribution is -2.64. The first-order valence-corrected chi connectivity index (χ1v) is 16.3. The van der Waals surface area contributed by atoms with Gasteiger partial charge < -0.3 is 33.7 Å². The Balaban J connectivity index is 1.36. The summed E-state index contributed by atoms with van der Waals surface area (Å²) < 4.78 is 65.6. The van der Waals surface area contributed by atoms with E-state index in [9.17, 15) is 23.3 Å². The van der Waals surface area contributed by atoms with Crippen LogP contribution in [0.2, 0.25) is 0 Å². The summed E-state index contributed by atoms with van der Waals surface area (Å²) in [6.07, 6.45) is -1.19. The molecule has 0 bridgehead atoms. The summed E-state index contributed by atoms with van der Waals surface area (Å²) in [4.78, 5) is 23.7. The lowest BCUT2D eigenvalue weighted by molar-refractivity contribution is -0.384. The Kier molecular flexibility index (Phi) is 9.96. The molecule has 250 valence electrons. The average Bonchev–Trinajstić information content (AvgIpc) is 3.34. The molecule has 0 spiro atoms. The van der Waals surface area contributed by atoms with Gasteiger partial charge in [-0.3, -0.25) is 14.9 Å². The SMILES string of the molecule is C=CCc1ccccc1CNC(=O)[C@H](CO[C@H]1O[C@@H]2COC(C)(C)O[C@H]2[C@@H]2OC(C)(C)O[C@H]12)NS(=O)(=O)c1ccc([N+](=O)[O-])cc1. The fourth-order valence-corrected chi connectivity index (χ4v) is 6.80. The first kappa shape index (κ1) is 34.1. The van der Waals surface area contributed by atoms with Crippen molar-refractivity contribution in [1.82, 2.24) is 10.0 Å². The van der Waals surface area contributed by atoms with Crippen LogP contribution in [0.4, 0.5) is 5.69 Å². The van der Waals surface area contributed by atoms with E-state index in [1.165, 1.54) is 0 Å². The number of amides is 1. The van der Waals surface area contributed by atoms with E-state index < -0.39 is 75.8 Å². The molecule has 14 nitrogen and oxygen atoms in total. The van der Waals surface area contributed by atoms with Crippen molar-refractivity contribution in [3.63, 3.8) is 0 Å². The summed E-state index contributed by atoms with van der Waals surface area (Å²) in [7, 11) is -4.33. The average molecular weight is 662 g/mol. The van der Waals surface area contributed by atoms with Gasteiger partial charge in [0.15, 0.2) is 17.9 Å². The summed E-state index contributed by atoms with van der Waals surface area (Å²) in [6, 6.07) is 10.4. The van der Waals surface area contributed by atoms with Gasteiger partial charge >= 0.3 is 0 Å². The smallest absolute Gasteiger partial charge is 0.269 e. The molecule has 3 saturated heterocycles. The summed E-state index contributed by atoms with van der Waals surface area (Å²) >= 11 is 0. The second-order valence-corrected chi connectivity index (χ2v) is 13.9. The highest BCUT2D eigenvalue weighted by Crippen LogP contribution is 2.42. The number of hydrogen-bond donors (Lipinski definition) is 2. The first-order chi connectivity index (χ1) is 21.7. The van der Waals surface area contributed by atoms with E-state index in [0.29, 0.717) is 6.42 Å². The molecule has 2 N–H and O–H groups in total. The van der Waals surface area contributed by atoms with Crippen LogP contribution in [-0.4, -0.2) is 80.8 Å². The van der Waals surface area contributed by atoms with E-state index in [4.69, 9.17) is 28.4 Å². The van der Waals surface area contributed by atoms with Crippen LogP contribution in [0.5, 0.6) is 0 Å². The quantitative estimate of drug-likeness (QED) is 0.195. The lowest BCUT2D eigenvalue weighted by atomic mass is 9.97. The van der Waals surface area contributed by atoms with Crippen molar-refractivity contribution in [1.29, 1.82) is 0 Å². The van der Waals surface area contributed by atoms with E-state index in [-0.39, 0.29) is 23.7 Å². The third-order valence-corrected chi connectivity index (χ3v) is 9.27. The lowest BCUT2D eigenvalue weighted by Gasteiger charge is -2.48. The largest absolute Gasteiger partial charge is 0.351 e. The molecule has 0 saturated carbocycles. The predicted octanol–water partition coefficient (Wildman–Crippen LogP) is 2.70. The summed E-state index contributed by atoms with van der Waals surface area (Å²) in [5.41, 5.74) is 1.50. The Bertz CT molecular complexity index is 1550. The molecule has 0 aromatic heterocycles. The molecule has 0 aliphatic carbocycles. The van der Waals surface area contributed by atoms with Gasteiger partial charge in [0.25, 0.3) is 5.69 Å². The van der Waals surface area contributed by atoms with Gasteiger partial charge in [0.05, 0.1) is 23.0 Å². The van der Waals surface area contributed by atoms with Crippen molar-refractivity contribution in [2.45, 2.75) is 93.9 Å². The molecule has 3 fully saturated rings. The normalized spacial score (nSPS) is 27.2.